The fourth-order valence-corrected chi connectivity index (χ4v) is 44.8. The predicted octanol–water partition coefficient (Wildman–Crippen LogP) is 41.9. The summed E-state index contributed by atoms with van der Waals surface area (Å²) < 4.78 is 30.5. The molecule has 6 nitrogen and oxygen atoms in total. The number of unbranched alkanes of at least 4 members (excludes halogenated alkanes) is 3. The number of hydrogen-bond donors (Lipinski definition) is 2. The van der Waals surface area contributed by atoms with Crippen molar-refractivity contribution in [3.63, 3.8) is 0 Å². The molecule has 3 aliphatic carbocycles. The second kappa shape index (κ2) is 59.7. The number of benzene rings is 4. The van der Waals surface area contributed by atoms with E-state index < -0.39 is 18.4 Å². The molecule has 2 aliphatic heterocycles. The fraction of sp³-hybridized carbons (Fsp3) is 0.496. The number of hydrogen-bond acceptors (Lipinski definition) is 12. The van der Waals surface area contributed by atoms with E-state index in [1.165, 1.54) is 202 Å². The van der Waals surface area contributed by atoms with E-state index in [0.29, 0.717) is 16.7 Å². The van der Waals surface area contributed by atoms with Gasteiger partial charge in [0.05, 0.1) is 36.2 Å². The Balaban J connectivity index is 0.000000261. The molecule has 0 atom stereocenters. The van der Waals surface area contributed by atoms with Crippen LogP contribution in [-0.2, 0) is 44.6 Å². The van der Waals surface area contributed by atoms with Gasteiger partial charge < -0.3 is 28.9 Å². The second-order valence-electron chi connectivity index (χ2n) is 35.2. The van der Waals surface area contributed by atoms with E-state index in [1.807, 2.05) is 209 Å². The first kappa shape index (κ1) is 117. The van der Waals surface area contributed by atoms with E-state index in [-0.39, 0.29) is 23.4 Å². The van der Waals surface area contributed by atoms with Crippen molar-refractivity contribution in [1.82, 2.24) is 9.97 Å². The van der Waals surface area contributed by atoms with Gasteiger partial charge in [0.15, 0.2) is 12.6 Å². The normalized spacial score (nSPS) is 15.1. The molecule has 15 heteroatoms. The molecule has 19 rings (SSSR count). The zero-order chi connectivity index (χ0) is 98.8. The third-order valence-electron chi connectivity index (χ3n) is 24.6. The van der Waals surface area contributed by atoms with E-state index in [1.54, 1.807) is 29.5 Å². The first-order valence-electron chi connectivity index (χ1n) is 51.8. The minimum atomic E-state index is -2.19. The number of H-pyrrole nitrogens is 2. The summed E-state index contributed by atoms with van der Waals surface area (Å²) >= 11 is 13.0. The molecule has 0 unspecified atom stereocenters. The fourth-order valence-electron chi connectivity index (χ4n) is 17.7. The van der Waals surface area contributed by atoms with Crippen LogP contribution in [0.25, 0.3) is 104 Å². The van der Waals surface area contributed by atoms with Crippen LogP contribution in [0.3, 0.4) is 0 Å². The Kier molecular flexibility index (Phi) is 52.1. The van der Waals surface area contributed by atoms with Crippen LogP contribution >= 0.6 is 90.7 Å². The van der Waals surface area contributed by atoms with Crippen LogP contribution in [0.15, 0.2) is 193 Å². The maximum absolute atomic E-state index is 6.01. The van der Waals surface area contributed by atoms with E-state index in [4.69, 9.17) is 18.9 Å². The molecule has 2 N–H and O–H groups in total. The van der Waals surface area contributed by atoms with Crippen molar-refractivity contribution in [2.45, 2.75) is 336 Å². The topological polar surface area (TPSA) is 68.5 Å². The molecule has 0 radical (unpaired) electrons. The van der Waals surface area contributed by atoms with Gasteiger partial charge >= 0.3 is 156 Å². The molecule has 134 heavy (non-hydrogen) atoms. The maximum atomic E-state index is 6.01. The summed E-state index contributed by atoms with van der Waals surface area (Å²) in [6.45, 7) is 68.5. The molecule has 0 amide bonds. The first-order valence-corrected chi connectivity index (χ1v) is 66.0. The Morgan fingerprint density at radius 2 is 0.701 bits per heavy atom. The van der Waals surface area contributed by atoms with Crippen molar-refractivity contribution < 1.29 is 18.9 Å². The molecule has 2 saturated heterocycles. The van der Waals surface area contributed by atoms with Crippen molar-refractivity contribution >= 4 is 134 Å². The molecule has 0 bridgehead atoms. The van der Waals surface area contributed by atoms with Crippen molar-refractivity contribution in [2.24, 2.45) is 21.7 Å². The van der Waals surface area contributed by atoms with Gasteiger partial charge in [0.2, 0.25) is 0 Å². The van der Waals surface area contributed by atoms with Crippen LogP contribution in [0.5, 0.6) is 0 Å². The minimum Gasteiger partial charge on any atom is -0.354 e. The average molecular weight is 2070 g/mol. The van der Waals surface area contributed by atoms with Gasteiger partial charge in [-0.15, -0.1) is 68.0 Å². The minimum absolute atomic E-state index is 0.0851. The zero-order valence-corrected chi connectivity index (χ0v) is 97.8. The Morgan fingerprint density at radius 3 is 1.16 bits per heavy atom. The molecule has 12 heterocycles. The molecule has 734 valence electrons. The number of ether oxygens (including phenoxy) is 4. The van der Waals surface area contributed by atoms with Crippen molar-refractivity contribution in [3.8, 4) is 82.4 Å². The average Bonchev–Trinajstić information content (AvgIpc) is 1.58. The molecule has 5 aliphatic rings. The SMILES string of the molecule is CC.CC.CC.CC.CC.CC.CC.CC.CC.CC.CC1(C)COC(c2ccc(-c3ccc(-c4ccc5[nH]c(-c6ccccc6)c6c5c4CCC6)s3)s2)OC1.CC1(C)COC(c2ccc(-c3ccc(C4CC(C)(C)C(C)(C)C4)s3)s2)OC1.CCC[CH2][Sn]([CH2]CCC)([CH2]CCC)[c]1ccc(-c2cccs2)s1.c1ccc(-c2[nH]c3cc(-c4ccc(-c5cccs5)s4)cc4c3c2CCC4)cc1. The monoisotopic (exact) mass is 2070 g/mol. The third-order valence-corrected chi connectivity index (χ3v) is 52.2. The summed E-state index contributed by atoms with van der Waals surface area (Å²) in [7, 11) is 0. The summed E-state index contributed by atoms with van der Waals surface area (Å²) in [5.41, 5.74) is 17.4. The molecular formula is C119H172N2O4S8Sn. The van der Waals surface area contributed by atoms with Gasteiger partial charge in [-0.05, 0) is 203 Å². The molecule has 10 aromatic heterocycles. The quantitative estimate of drug-likeness (QED) is 0.0704. The first-order chi connectivity index (χ1) is 65.2. The number of rotatable bonds is 21. The molecule has 3 fully saturated rings. The zero-order valence-electron chi connectivity index (χ0n) is 88.5. The van der Waals surface area contributed by atoms with Crippen molar-refractivity contribution in [1.29, 1.82) is 0 Å². The second-order valence-corrected chi connectivity index (χ2v) is 57.9. The smallest absolute Gasteiger partial charge is 0.0497 e. The molecule has 14 aromatic rings. The van der Waals surface area contributed by atoms with Gasteiger partial charge in [0.25, 0.3) is 0 Å². The number of aryl methyl sites for hydroxylation is 4. The number of aromatic amines is 2. The largest absolute Gasteiger partial charge is 0.354 e. The van der Waals surface area contributed by atoms with Crippen LogP contribution in [0.2, 0.25) is 13.3 Å². The van der Waals surface area contributed by atoms with E-state index in [9.17, 15) is 0 Å². The number of nitrogens with one attached hydrogen (secondary N) is 2. The van der Waals surface area contributed by atoms with Crippen LogP contribution in [0.1, 0.15) is 334 Å². The van der Waals surface area contributed by atoms with Gasteiger partial charge in [-0.2, -0.15) is 0 Å². The van der Waals surface area contributed by atoms with Crippen LogP contribution in [0.4, 0.5) is 0 Å². The van der Waals surface area contributed by atoms with Crippen LogP contribution in [0, 0.1) is 21.7 Å². The molecule has 0 spiro atoms. The number of thiophene rings is 8. The van der Waals surface area contributed by atoms with Gasteiger partial charge in [0.1, 0.15) is 0 Å². The van der Waals surface area contributed by atoms with Gasteiger partial charge in [0, 0.05) is 87.9 Å². The van der Waals surface area contributed by atoms with Gasteiger partial charge in [-0.1, -0.05) is 267 Å². The third kappa shape index (κ3) is 30.4. The summed E-state index contributed by atoms with van der Waals surface area (Å²) in [6, 6.07) is 67.2. The summed E-state index contributed by atoms with van der Waals surface area (Å²) in [4.78, 5) is 25.1. The van der Waals surface area contributed by atoms with E-state index in [0.717, 1.165) is 50.6 Å². The summed E-state index contributed by atoms with van der Waals surface area (Å²) in [6.07, 6.45) is 17.6. The molecule has 1 saturated carbocycles. The Bertz CT molecular complexity index is 5440. The van der Waals surface area contributed by atoms with Crippen molar-refractivity contribution in [2.75, 3.05) is 26.4 Å². The standard InChI is InChI=1S/C31H29NO2S2.C25H19NS2.C23H32O2S2.C8H5S2.3C4H9.10C2H6.Sn/c1-31(2)17-33-30(34-18-31)27-16-15-26(36-27)25-14-13-24(35-25)20-11-12-23-28-21(20)9-6-10-22(28)29(32-23)19-7-4-3-5-8-19;1-2-6-16(7-3-1)25-19-9-4-8-17-14-18(15-20(26-25)24(17)19)21-11-12-23(28-21)22-10-5-13-27-22;1-21(2)13-24-20(25-14-21)19-10-9-18(27-19)17-8-7-16(26-17)15-11-22(3,4)23(5,6)12-15;1-3-7(9-5-1)8-4-2-6-10-8;3*1-3-4-2;10*1-2;/h3-5,7-8,11-16,30,32H,6,9-10,17-18H2,1-2H3;1-3,5-7,10-15,26H,4,8-9H2;7-10,15,20H,11-14H2,1-6H3;1-5H;3*1,3-4H2,2H3;10*1-2H3;. The molecule has 4 aromatic carbocycles. The van der Waals surface area contributed by atoms with Crippen LogP contribution < -0.4 is 2.89 Å². The molecular weight excluding hydrogens is 1900 g/mol. The predicted molar refractivity (Wildman–Crippen MR) is 614 cm³/mol. The number of aromatic nitrogens is 2. The van der Waals surface area contributed by atoms with Crippen molar-refractivity contribution in [3.05, 3.63) is 230 Å². The van der Waals surface area contributed by atoms with Gasteiger partial charge in [-0.3, -0.25) is 0 Å². The Labute approximate surface area is 851 Å². The Morgan fingerprint density at radius 1 is 0.328 bits per heavy atom. The van der Waals surface area contributed by atoms with Gasteiger partial charge in [-0.25, -0.2) is 0 Å². The summed E-state index contributed by atoms with van der Waals surface area (Å²) in [5.74, 6) is 0.695. The maximum Gasteiger partial charge on any atom is 0.0497 e. The van der Waals surface area contributed by atoms with Crippen LogP contribution in [-0.4, -0.2) is 54.8 Å². The summed E-state index contributed by atoms with van der Waals surface area (Å²) in [5, 5.41) is 7.26. The Hall–Kier alpha value is -5.80. The van der Waals surface area contributed by atoms with E-state index >= 15 is 0 Å². The van der Waals surface area contributed by atoms with E-state index in [2.05, 4.69) is 290 Å².